The third-order valence-electron chi connectivity index (χ3n) is 4.56. The van der Waals surface area contributed by atoms with E-state index in [4.69, 9.17) is 5.11 Å². The van der Waals surface area contributed by atoms with Crippen molar-refractivity contribution in [2.24, 2.45) is 0 Å². The van der Waals surface area contributed by atoms with E-state index in [1.165, 1.54) is 0 Å². The lowest BCUT2D eigenvalue weighted by Gasteiger charge is -2.35. The van der Waals surface area contributed by atoms with Crippen LogP contribution in [0.25, 0.3) is 0 Å². The Morgan fingerprint density at radius 2 is 1.90 bits per heavy atom. The summed E-state index contributed by atoms with van der Waals surface area (Å²) in [7, 11) is 0. The number of rotatable bonds is 8. The Balaban J connectivity index is 2.75. The highest BCUT2D eigenvalue weighted by Gasteiger charge is 2.38. The molecule has 21 heavy (non-hydrogen) atoms. The molecule has 1 rings (SSSR count). The van der Waals surface area contributed by atoms with E-state index in [2.05, 4.69) is 19.2 Å². The summed E-state index contributed by atoms with van der Waals surface area (Å²) < 4.78 is 0. The van der Waals surface area contributed by atoms with E-state index < -0.39 is 11.5 Å². The number of carboxylic acid groups (broad SMARTS) is 1. The second kappa shape index (κ2) is 8.25. The molecule has 1 saturated carbocycles. The lowest BCUT2D eigenvalue weighted by Crippen LogP contribution is -2.55. The number of nitrogens with zero attached hydrogens (tertiary/aromatic N) is 1. The van der Waals surface area contributed by atoms with Crippen LogP contribution in [0.15, 0.2) is 0 Å². The number of hydrogen-bond donors (Lipinski definition) is 2. The van der Waals surface area contributed by atoms with Crippen molar-refractivity contribution in [1.82, 2.24) is 10.2 Å². The number of hydrogen-bond acceptors (Lipinski definition) is 2. The lowest BCUT2D eigenvalue weighted by molar-refractivity contribution is -0.138. The Morgan fingerprint density at radius 3 is 2.38 bits per heavy atom. The highest BCUT2D eigenvalue weighted by atomic mass is 16.4. The van der Waals surface area contributed by atoms with E-state index in [-0.39, 0.29) is 18.5 Å². The van der Waals surface area contributed by atoms with E-state index in [1.807, 2.05) is 11.8 Å². The average molecular weight is 298 g/mol. The maximum Gasteiger partial charge on any atom is 0.318 e. The molecule has 1 aliphatic carbocycles. The van der Waals surface area contributed by atoms with Gasteiger partial charge in [0.1, 0.15) is 0 Å². The normalized spacial score (nSPS) is 18.2. The van der Waals surface area contributed by atoms with Crippen molar-refractivity contribution in [3.63, 3.8) is 0 Å². The lowest BCUT2D eigenvalue weighted by atomic mass is 9.93. The molecule has 1 aliphatic rings. The predicted octanol–water partition coefficient (Wildman–Crippen LogP) is 3.38. The van der Waals surface area contributed by atoms with E-state index in [0.717, 1.165) is 51.5 Å². The van der Waals surface area contributed by atoms with Crippen LogP contribution in [-0.4, -0.2) is 40.1 Å². The van der Waals surface area contributed by atoms with Crippen LogP contribution in [0.5, 0.6) is 0 Å². The molecular weight excluding hydrogens is 268 g/mol. The molecule has 0 radical (unpaired) electrons. The van der Waals surface area contributed by atoms with Gasteiger partial charge in [0.25, 0.3) is 0 Å². The molecule has 2 amide bonds. The minimum atomic E-state index is -0.833. The molecule has 0 aromatic carbocycles. The fraction of sp³-hybridized carbons (Fsp3) is 0.875. The van der Waals surface area contributed by atoms with Gasteiger partial charge in [0, 0.05) is 12.6 Å². The van der Waals surface area contributed by atoms with Gasteiger partial charge in [-0.25, -0.2) is 4.79 Å². The van der Waals surface area contributed by atoms with Crippen LogP contribution in [0.3, 0.4) is 0 Å². The van der Waals surface area contributed by atoms with Gasteiger partial charge in [0.2, 0.25) is 0 Å². The number of unbranched alkanes of at least 4 members (excludes halogenated alkanes) is 1. The van der Waals surface area contributed by atoms with Gasteiger partial charge >= 0.3 is 12.0 Å². The number of amides is 2. The summed E-state index contributed by atoms with van der Waals surface area (Å²) in [4.78, 5) is 25.6. The predicted molar refractivity (Wildman–Crippen MR) is 83.4 cm³/mol. The largest absolute Gasteiger partial charge is 0.481 e. The van der Waals surface area contributed by atoms with Crippen molar-refractivity contribution in [2.75, 3.05) is 6.54 Å². The number of carbonyl (C=O) groups is 2. The van der Waals surface area contributed by atoms with Crippen molar-refractivity contribution >= 4 is 12.0 Å². The quantitative estimate of drug-likeness (QED) is 0.721. The van der Waals surface area contributed by atoms with Gasteiger partial charge in [0.15, 0.2) is 0 Å². The Morgan fingerprint density at radius 1 is 1.29 bits per heavy atom. The molecule has 1 atom stereocenters. The Bertz CT molecular complexity index is 351. The zero-order valence-electron chi connectivity index (χ0n) is 13.7. The minimum absolute atomic E-state index is 0.0286. The minimum Gasteiger partial charge on any atom is -0.481 e. The van der Waals surface area contributed by atoms with Gasteiger partial charge in [-0.1, -0.05) is 33.1 Å². The summed E-state index contributed by atoms with van der Waals surface area (Å²) in [6, 6.07) is 0.0841. The Labute approximate surface area is 128 Å². The van der Waals surface area contributed by atoms with Crippen LogP contribution in [0, 0.1) is 0 Å². The average Bonchev–Trinajstić information content (AvgIpc) is 2.85. The summed E-state index contributed by atoms with van der Waals surface area (Å²) in [6.07, 6.45) is 6.48. The molecule has 122 valence electrons. The highest BCUT2D eigenvalue weighted by molar-refractivity contribution is 5.77. The standard InChI is InChI=1S/C16H30N2O3/c1-4-6-11-18(13(3)5-2)15(21)17-16(12-14(19)20)9-7-8-10-16/h13H,4-12H2,1-3H3,(H,17,21)(H,19,20). The number of carbonyl (C=O) groups excluding carboxylic acids is 1. The van der Waals surface area contributed by atoms with Gasteiger partial charge in [-0.05, 0) is 32.6 Å². The fourth-order valence-corrected chi connectivity index (χ4v) is 3.06. The summed E-state index contributed by atoms with van der Waals surface area (Å²) in [5, 5.41) is 12.2. The van der Waals surface area contributed by atoms with E-state index >= 15 is 0 Å². The van der Waals surface area contributed by atoms with E-state index in [9.17, 15) is 9.59 Å². The summed E-state index contributed by atoms with van der Waals surface area (Å²) in [5.41, 5.74) is -0.541. The van der Waals surface area contributed by atoms with Crippen molar-refractivity contribution in [1.29, 1.82) is 0 Å². The molecule has 0 heterocycles. The smallest absolute Gasteiger partial charge is 0.318 e. The first-order chi connectivity index (χ1) is 9.94. The molecule has 5 nitrogen and oxygen atoms in total. The van der Waals surface area contributed by atoms with E-state index in [1.54, 1.807) is 0 Å². The molecule has 0 bridgehead atoms. The molecule has 0 spiro atoms. The first-order valence-corrected chi connectivity index (χ1v) is 8.24. The maximum absolute atomic E-state index is 12.6. The first kappa shape index (κ1) is 17.8. The van der Waals surface area contributed by atoms with Crippen molar-refractivity contribution in [2.45, 2.75) is 83.7 Å². The van der Waals surface area contributed by atoms with Crippen LogP contribution < -0.4 is 5.32 Å². The van der Waals surface area contributed by atoms with Crippen molar-refractivity contribution < 1.29 is 14.7 Å². The molecule has 0 saturated heterocycles. The molecule has 0 aromatic heterocycles. The van der Waals surface area contributed by atoms with Crippen molar-refractivity contribution in [3.05, 3.63) is 0 Å². The molecule has 5 heteroatoms. The summed E-state index contributed by atoms with van der Waals surface area (Å²) in [5.74, 6) is -0.833. The third-order valence-corrected chi connectivity index (χ3v) is 4.56. The van der Waals surface area contributed by atoms with E-state index in [0.29, 0.717) is 0 Å². The third kappa shape index (κ3) is 5.21. The molecular formula is C16H30N2O3. The van der Waals surface area contributed by atoms with Gasteiger partial charge < -0.3 is 15.3 Å². The zero-order valence-corrected chi connectivity index (χ0v) is 13.7. The second-order valence-corrected chi connectivity index (χ2v) is 6.29. The van der Waals surface area contributed by atoms with Crippen LogP contribution in [0.4, 0.5) is 4.79 Å². The topological polar surface area (TPSA) is 69.6 Å². The first-order valence-electron chi connectivity index (χ1n) is 8.24. The molecule has 2 N–H and O–H groups in total. The van der Waals surface area contributed by atoms with Crippen LogP contribution in [-0.2, 0) is 4.79 Å². The molecule has 1 unspecified atom stereocenters. The van der Waals surface area contributed by atoms with Crippen LogP contribution in [0.2, 0.25) is 0 Å². The fourth-order valence-electron chi connectivity index (χ4n) is 3.06. The van der Waals surface area contributed by atoms with Gasteiger partial charge in [-0.3, -0.25) is 4.79 Å². The maximum atomic E-state index is 12.6. The Hall–Kier alpha value is -1.26. The van der Waals surface area contributed by atoms with Gasteiger partial charge in [-0.15, -0.1) is 0 Å². The van der Waals surface area contributed by atoms with Gasteiger partial charge in [-0.2, -0.15) is 0 Å². The second-order valence-electron chi connectivity index (χ2n) is 6.29. The summed E-state index contributed by atoms with van der Waals surface area (Å²) >= 11 is 0. The highest BCUT2D eigenvalue weighted by Crippen LogP contribution is 2.33. The number of aliphatic carboxylic acids is 1. The van der Waals surface area contributed by atoms with Gasteiger partial charge in [0.05, 0.1) is 12.0 Å². The van der Waals surface area contributed by atoms with Crippen LogP contribution >= 0.6 is 0 Å². The number of urea groups is 1. The number of nitrogens with one attached hydrogen (secondary N) is 1. The van der Waals surface area contributed by atoms with Crippen molar-refractivity contribution in [3.8, 4) is 0 Å². The Kier molecular flexibility index (Phi) is 6.99. The SMILES string of the molecule is CCCCN(C(=O)NC1(CC(=O)O)CCCC1)C(C)CC. The number of carboxylic acids is 1. The molecule has 0 aromatic rings. The monoisotopic (exact) mass is 298 g/mol. The molecule has 1 fully saturated rings. The van der Waals surface area contributed by atoms with Crippen LogP contribution in [0.1, 0.15) is 72.1 Å². The summed E-state index contributed by atoms with van der Waals surface area (Å²) in [6.45, 7) is 6.96. The molecule has 0 aliphatic heterocycles. The zero-order chi connectivity index (χ0) is 15.9.